The molecule has 8 heteroatoms. The maximum Gasteiger partial charge on any atom is 0.164 e. The molecule has 7 aromatic carbocycles. The van der Waals surface area contributed by atoms with E-state index in [4.69, 9.17) is 34.3 Å². The molecule has 0 amide bonds. The van der Waals surface area contributed by atoms with Crippen LogP contribution >= 0.6 is 11.3 Å². The molecule has 0 spiro atoms. The molecule has 4 heterocycles. The van der Waals surface area contributed by atoms with Gasteiger partial charge >= 0.3 is 0 Å². The summed E-state index contributed by atoms with van der Waals surface area (Å²) in [6.45, 7) is 0. The van der Waals surface area contributed by atoms with Gasteiger partial charge in [-0.15, -0.1) is 11.3 Å². The number of nitrogens with zero attached hydrogens (tertiary/aromatic N) is 6. The lowest BCUT2D eigenvalue weighted by molar-refractivity contribution is 0.669. The zero-order chi connectivity index (χ0) is 37.0. The zero-order valence-electron chi connectivity index (χ0n) is 29.7. The van der Waals surface area contributed by atoms with Crippen LogP contribution in [-0.4, -0.2) is 29.9 Å². The molecule has 11 aromatic rings. The van der Waals surface area contributed by atoms with Crippen LogP contribution in [0, 0.1) is 0 Å². The number of benzene rings is 7. The summed E-state index contributed by atoms with van der Waals surface area (Å²) in [6, 6.07) is 57.1. The first-order valence-electron chi connectivity index (χ1n) is 18.3. The number of rotatable bonds is 6. The lowest BCUT2D eigenvalue weighted by Gasteiger charge is -2.09. The number of hydrogen-bond donors (Lipinski definition) is 0. The highest BCUT2D eigenvalue weighted by atomic mass is 32.1. The van der Waals surface area contributed by atoms with E-state index in [9.17, 15) is 0 Å². The summed E-state index contributed by atoms with van der Waals surface area (Å²) in [5.41, 5.74) is 6.79. The first kappa shape index (κ1) is 32.0. The van der Waals surface area contributed by atoms with Crippen molar-refractivity contribution in [2.24, 2.45) is 0 Å². The molecule has 0 saturated carbocycles. The van der Waals surface area contributed by atoms with Gasteiger partial charge in [-0.2, -0.15) is 0 Å². The van der Waals surface area contributed by atoms with Gasteiger partial charge < -0.3 is 4.42 Å². The lowest BCUT2D eigenvalue weighted by Crippen LogP contribution is -2.00. The molecule has 262 valence electrons. The van der Waals surface area contributed by atoms with E-state index in [1.54, 1.807) is 11.3 Å². The van der Waals surface area contributed by atoms with Gasteiger partial charge in [0.1, 0.15) is 11.2 Å². The van der Waals surface area contributed by atoms with E-state index in [0.29, 0.717) is 40.5 Å². The summed E-state index contributed by atoms with van der Waals surface area (Å²) in [5, 5.41) is 4.28. The Labute approximate surface area is 324 Å². The summed E-state index contributed by atoms with van der Waals surface area (Å²) in [4.78, 5) is 30.0. The van der Waals surface area contributed by atoms with Gasteiger partial charge in [0.2, 0.25) is 0 Å². The third kappa shape index (κ3) is 5.59. The van der Waals surface area contributed by atoms with Crippen molar-refractivity contribution in [1.82, 2.24) is 29.9 Å². The van der Waals surface area contributed by atoms with Crippen LogP contribution in [0.25, 0.3) is 110 Å². The molecular weight excluding hydrogens is 709 g/mol. The third-order valence-electron chi connectivity index (χ3n) is 10.00. The molecule has 7 nitrogen and oxygen atoms in total. The van der Waals surface area contributed by atoms with Crippen LogP contribution in [0.1, 0.15) is 0 Å². The second-order valence-electron chi connectivity index (χ2n) is 13.5. The van der Waals surface area contributed by atoms with Crippen molar-refractivity contribution in [3.05, 3.63) is 170 Å². The van der Waals surface area contributed by atoms with Crippen molar-refractivity contribution in [3.63, 3.8) is 0 Å². The van der Waals surface area contributed by atoms with Crippen LogP contribution in [0.15, 0.2) is 174 Å². The smallest absolute Gasteiger partial charge is 0.164 e. The average molecular weight is 737 g/mol. The van der Waals surface area contributed by atoms with Gasteiger partial charge in [-0.25, -0.2) is 29.9 Å². The summed E-state index contributed by atoms with van der Waals surface area (Å²) in [6.07, 6.45) is 0. The molecule has 11 rings (SSSR count). The van der Waals surface area contributed by atoms with Crippen molar-refractivity contribution in [2.75, 3.05) is 0 Å². The standard InChI is InChI=1S/C48H28N6OS/c1-4-13-29(14-5-1)43-50-46(32-24-26-41-37(27-32)34-19-10-11-22-40(34)56-41)52-47(51-43)33-23-25-35-39(28-33)55-38-21-12-20-36(42(35)38)48-53-44(30-15-6-2-7-16-30)49-45(54-48)31-17-8-3-9-18-31/h1-28H. The van der Waals surface area contributed by atoms with Crippen LogP contribution < -0.4 is 0 Å². The van der Waals surface area contributed by atoms with Gasteiger partial charge in [0.15, 0.2) is 34.9 Å². The SMILES string of the molecule is c1ccc(-c2nc(-c3ccc4c(c3)oc3cccc(-c5nc(-c6ccccc6)nc(-c6ccccc6)n5)c34)nc(-c3ccc4sc5ccccc5c4c3)n2)cc1. The highest BCUT2D eigenvalue weighted by molar-refractivity contribution is 7.25. The van der Waals surface area contributed by atoms with Crippen LogP contribution in [0.4, 0.5) is 0 Å². The Kier molecular flexibility index (Phi) is 7.53. The average Bonchev–Trinajstić information content (AvgIpc) is 3.85. The molecule has 0 aliphatic carbocycles. The molecule has 4 aromatic heterocycles. The van der Waals surface area contributed by atoms with E-state index in [0.717, 1.165) is 49.7 Å². The van der Waals surface area contributed by atoms with Gasteiger partial charge in [-0.1, -0.05) is 127 Å². The van der Waals surface area contributed by atoms with Gasteiger partial charge in [0, 0.05) is 64.3 Å². The Morgan fingerprint density at radius 3 is 1.45 bits per heavy atom. The highest BCUT2D eigenvalue weighted by Crippen LogP contribution is 2.39. The molecule has 0 radical (unpaired) electrons. The van der Waals surface area contributed by atoms with Crippen molar-refractivity contribution in [1.29, 1.82) is 0 Å². The first-order chi connectivity index (χ1) is 27.7. The van der Waals surface area contributed by atoms with Crippen molar-refractivity contribution >= 4 is 53.4 Å². The molecule has 0 unspecified atom stereocenters. The maximum atomic E-state index is 6.58. The van der Waals surface area contributed by atoms with Crippen LogP contribution in [-0.2, 0) is 0 Å². The second-order valence-corrected chi connectivity index (χ2v) is 14.6. The highest BCUT2D eigenvalue weighted by Gasteiger charge is 2.20. The fraction of sp³-hybridized carbons (Fsp3) is 0. The Balaban J connectivity index is 1.06. The molecule has 0 N–H and O–H groups in total. The molecule has 0 fully saturated rings. The lowest BCUT2D eigenvalue weighted by atomic mass is 10.0. The Bertz CT molecular complexity index is 3200. The summed E-state index contributed by atoms with van der Waals surface area (Å²) < 4.78 is 9.06. The van der Waals surface area contributed by atoms with E-state index in [2.05, 4.69) is 54.6 Å². The molecule has 0 aliphatic rings. The number of aromatic nitrogens is 6. The van der Waals surface area contributed by atoms with Crippen LogP contribution in [0.5, 0.6) is 0 Å². The van der Waals surface area contributed by atoms with Gasteiger partial charge in [-0.3, -0.25) is 0 Å². The van der Waals surface area contributed by atoms with E-state index in [-0.39, 0.29) is 0 Å². The third-order valence-corrected chi connectivity index (χ3v) is 11.1. The summed E-state index contributed by atoms with van der Waals surface area (Å²) in [5.74, 6) is 3.55. The fourth-order valence-electron chi connectivity index (χ4n) is 7.30. The Morgan fingerprint density at radius 1 is 0.321 bits per heavy atom. The zero-order valence-corrected chi connectivity index (χ0v) is 30.5. The van der Waals surface area contributed by atoms with Gasteiger partial charge in [0.05, 0.1) is 0 Å². The summed E-state index contributed by atoms with van der Waals surface area (Å²) >= 11 is 1.79. The fourth-order valence-corrected chi connectivity index (χ4v) is 8.38. The number of fused-ring (bicyclic) bond motifs is 6. The maximum absolute atomic E-state index is 6.58. The second kappa shape index (κ2) is 13.2. The Hall–Kier alpha value is -7.42. The predicted molar refractivity (Wildman–Crippen MR) is 226 cm³/mol. The number of furan rings is 1. The van der Waals surface area contributed by atoms with E-state index < -0.39 is 0 Å². The largest absolute Gasteiger partial charge is 0.456 e. The van der Waals surface area contributed by atoms with Crippen LogP contribution in [0.2, 0.25) is 0 Å². The molecule has 0 saturated heterocycles. The van der Waals surface area contributed by atoms with E-state index >= 15 is 0 Å². The molecular formula is C48H28N6OS. The first-order valence-corrected chi connectivity index (χ1v) is 19.1. The topological polar surface area (TPSA) is 90.5 Å². The van der Waals surface area contributed by atoms with Gasteiger partial charge in [-0.05, 0) is 42.5 Å². The van der Waals surface area contributed by atoms with Crippen molar-refractivity contribution in [2.45, 2.75) is 0 Å². The molecule has 0 atom stereocenters. The van der Waals surface area contributed by atoms with E-state index in [1.807, 2.05) is 115 Å². The molecule has 0 aliphatic heterocycles. The molecule has 56 heavy (non-hydrogen) atoms. The van der Waals surface area contributed by atoms with Crippen molar-refractivity contribution in [3.8, 4) is 68.3 Å². The van der Waals surface area contributed by atoms with Crippen molar-refractivity contribution < 1.29 is 4.42 Å². The van der Waals surface area contributed by atoms with E-state index in [1.165, 1.54) is 20.2 Å². The Morgan fingerprint density at radius 2 is 0.821 bits per heavy atom. The van der Waals surface area contributed by atoms with Crippen LogP contribution in [0.3, 0.4) is 0 Å². The monoisotopic (exact) mass is 736 g/mol. The summed E-state index contributed by atoms with van der Waals surface area (Å²) in [7, 11) is 0. The molecule has 0 bridgehead atoms. The normalized spacial score (nSPS) is 11.6. The predicted octanol–water partition coefficient (Wildman–Crippen LogP) is 12.3. The quantitative estimate of drug-likeness (QED) is 0.168. The number of thiophene rings is 1. The number of hydrogen-bond acceptors (Lipinski definition) is 8. The van der Waals surface area contributed by atoms with Gasteiger partial charge in [0.25, 0.3) is 0 Å². The minimum atomic E-state index is 0.559. The minimum absolute atomic E-state index is 0.559. The minimum Gasteiger partial charge on any atom is -0.456 e.